The number of fused-ring (bicyclic) bond motifs is 1. The molecule has 3 aromatic carbocycles. The number of hydrogen-bond acceptors (Lipinski definition) is 10. The predicted octanol–water partition coefficient (Wildman–Crippen LogP) is 2.64. The quantitative estimate of drug-likeness (QED) is 0.0629. The molecular formula is C29H30N9O6+. The molecule has 1 saturated heterocycles. The summed E-state index contributed by atoms with van der Waals surface area (Å²) < 4.78 is 13.0. The Kier molecular flexibility index (Phi) is 8.38. The number of aromatic amines is 1. The maximum absolute atomic E-state index is 13.1. The zero-order valence-corrected chi connectivity index (χ0v) is 23.8. The van der Waals surface area contributed by atoms with E-state index in [9.17, 15) is 14.8 Å². The van der Waals surface area contributed by atoms with E-state index >= 15 is 0 Å². The summed E-state index contributed by atoms with van der Waals surface area (Å²) in [4.78, 5) is 35.2. The van der Waals surface area contributed by atoms with E-state index in [-0.39, 0.29) is 12.1 Å². The molecule has 0 bridgehead atoms. The number of rotatable bonds is 12. The van der Waals surface area contributed by atoms with Gasteiger partial charge < -0.3 is 14.6 Å². The number of para-hydroxylation sites is 1. The van der Waals surface area contributed by atoms with Gasteiger partial charge in [0, 0.05) is 11.2 Å². The fourth-order valence-electron chi connectivity index (χ4n) is 5.08. The number of benzene rings is 3. The number of hydrazine groups is 2. The minimum Gasteiger partial charge on any atom is -0.465 e. The third kappa shape index (κ3) is 6.04. The van der Waals surface area contributed by atoms with Crippen molar-refractivity contribution in [2.45, 2.75) is 26.0 Å². The van der Waals surface area contributed by atoms with E-state index in [1.165, 1.54) is 5.01 Å². The molecule has 2 aromatic heterocycles. The van der Waals surface area contributed by atoms with Crippen molar-refractivity contribution in [3.05, 3.63) is 82.8 Å². The number of aliphatic hydroxyl groups excluding tert-OH is 1. The van der Waals surface area contributed by atoms with Crippen LogP contribution in [0.2, 0.25) is 0 Å². The van der Waals surface area contributed by atoms with Gasteiger partial charge >= 0.3 is 5.97 Å². The minimum absolute atomic E-state index is 0.185. The molecule has 1 fully saturated rings. The Morgan fingerprint density at radius 2 is 1.93 bits per heavy atom. The number of aromatic nitrogens is 6. The Morgan fingerprint density at radius 3 is 2.66 bits per heavy atom. The van der Waals surface area contributed by atoms with Crippen molar-refractivity contribution in [2.24, 2.45) is 0 Å². The molecule has 44 heavy (non-hydrogen) atoms. The highest BCUT2D eigenvalue weighted by Gasteiger charge is 2.31. The van der Waals surface area contributed by atoms with Gasteiger partial charge in [-0.3, -0.25) is 4.57 Å². The van der Waals surface area contributed by atoms with Gasteiger partial charge in [0.15, 0.2) is 0 Å². The van der Waals surface area contributed by atoms with Crippen molar-refractivity contribution in [1.29, 1.82) is 0 Å². The van der Waals surface area contributed by atoms with Crippen LogP contribution in [0.1, 0.15) is 29.3 Å². The maximum Gasteiger partial charge on any atom is 0.342 e. The number of imidazole rings is 1. The molecule has 0 amide bonds. The number of ether oxygens (including phenoxy) is 2. The topological polar surface area (TPSA) is 173 Å². The highest BCUT2D eigenvalue weighted by atomic mass is 16.8. The van der Waals surface area contributed by atoms with Gasteiger partial charge in [-0.2, -0.15) is 15.0 Å². The molecule has 6 rings (SSSR count). The van der Waals surface area contributed by atoms with Gasteiger partial charge in [-0.25, -0.2) is 4.79 Å². The number of esters is 1. The summed E-state index contributed by atoms with van der Waals surface area (Å²) in [5.41, 5.74) is 7.25. The fourth-order valence-corrected chi connectivity index (χ4v) is 5.08. The zero-order valence-electron chi connectivity index (χ0n) is 23.8. The van der Waals surface area contributed by atoms with Crippen molar-refractivity contribution in [2.75, 3.05) is 26.5 Å². The van der Waals surface area contributed by atoms with Crippen LogP contribution in [0.4, 0.5) is 0 Å². The summed E-state index contributed by atoms with van der Waals surface area (Å²) >= 11 is 0. The van der Waals surface area contributed by atoms with Crippen LogP contribution in [0, 0.1) is 4.91 Å². The van der Waals surface area contributed by atoms with Crippen molar-refractivity contribution in [3.63, 3.8) is 0 Å². The number of nitrogens with one attached hydrogen (secondary N) is 2. The second kappa shape index (κ2) is 12.8. The van der Waals surface area contributed by atoms with Crippen LogP contribution in [-0.2, 0) is 16.1 Å². The van der Waals surface area contributed by atoms with E-state index in [4.69, 9.17) is 14.3 Å². The monoisotopic (exact) mass is 600 g/mol. The molecule has 1 unspecified atom stereocenters. The highest BCUT2D eigenvalue weighted by Crippen LogP contribution is 2.31. The maximum atomic E-state index is 13.1. The number of aliphatic hydroxyl groups is 1. The molecule has 0 saturated carbocycles. The molecule has 1 aliphatic heterocycles. The van der Waals surface area contributed by atoms with Crippen LogP contribution in [0.5, 0.6) is 6.01 Å². The Morgan fingerprint density at radius 1 is 1.11 bits per heavy atom. The van der Waals surface area contributed by atoms with Crippen molar-refractivity contribution >= 4 is 17.0 Å². The number of tetrazole rings is 1. The van der Waals surface area contributed by atoms with Gasteiger partial charge in [-0.05, 0) is 47.4 Å². The lowest BCUT2D eigenvalue weighted by atomic mass is 9.98. The van der Waals surface area contributed by atoms with E-state index in [2.05, 4.69) is 31.2 Å². The second-order valence-electron chi connectivity index (χ2n) is 9.98. The standard InChI is InChI=1S/C29H30N9O6/c1-2-42-29-30-25-9-5-8-24(28(40)43-18-44-35-38(41)36-15-14-21(39)17-36)26(25)37(29)16-19-10-12-20(13-11-19)22-6-3-4-7-23(22)27-31-33-34-32-27/h3-13,21,39H,2,14-18H2,1H3,(H,35,41)(H,31,32,33,34)/q+1. The number of nitrogens with zero attached hydrogens (tertiary/aromatic N) is 7. The summed E-state index contributed by atoms with van der Waals surface area (Å²) in [5.74, 6) is -0.155. The van der Waals surface area contributed by atoms with E-state index in [0.717, 1.165) is 22.3 Å². The lowest BCUT2D eigenvalue weighted by Gasteiger charge is -2.13. The van der Waals surface area contributed by atoms with E-state index in [0.29, 0.717) is 54.0 Å². The first-order chi connectivity index (χ1) is 21.5. The number of H-pyrrole nitrogens is 1. The number of hydrogen-bond donors (Lipinski definition) is 3. The molecular weight excluding hydrogens is 570 g/mol. The first kappa shape index (κ1) is 28.7. The van der Waals surface area contributed by atoms with Crippen LogP contribution in [-0.4, -0.2) is 83.8 Å². The summed E-state index contributed by atoms with van der Waals surface area (Å²) in [6, 6.07) is 21.3. The van der Waals surface area contributed by atoms with Crippen LogP contribution in [0.25, 0.3) is 33.5 Å². The van der Waals surface area contributed by atoms with Gasteiger partial charge in [0.1, 0.15) is 6.54 Å². The number of nitroso groups, excluding NO2 is 1. The lowest BCUT2D eigenvalue weighted by molar-refractivity contribution is -0.787. The van der Waals surface area contributed by atoms with E-state index in [1.54, 1.807) is 18.2 Å². The Hall–Kier alpha value is -5.41. The van der Waals surface area contributed by atoms with Gasteiger partial charge in [0.25, 0.3) is 11.0 Å². The van der Waals surface area contributed by atoms with E-state index < -0.39 is 18.9 Å². The molecule has 1 atom stereocenters. The van der Waals surface area contributed by atoms with Gasteiger partial charge in [-0.15, -0.1) is 15.2 Å². The Bertz CT molecular complexity index is 1760. The van der Waals surface area contributed by atoms with Crippen LogP contribution in [0.3, 0.4) is 0 Å². The fraction of sp³-hybridized carbons (Fsp3) is 0.276. The normalized spacial score (nSPS) is 14.6. The Balaban J connectivity index is 1.20. The molecule has 15 nitrogen and oxygen atoms in total. The minimum atomic E-state index is -0.663. The van der Waals surface area contributed by atoms with E-state index in [1.807, 2.05) is 60.0 Å². The molecule has 0 spiro atoms. The number of carbonyl (C=O) groups is 1. The van der Waals surface area contributed by atoms with Gasteiger partial charge in [0.05, 0.1) is 47.3 Å². The van der Waals surface area contributed by atoms with Crippen molar-refractivity contribution in [1.82, 2.24) is 40.8 Å². The average molecular weight is 601 g/mol. The summed E-state index contributed by atoms with van der Waals surface area (Å²) in [7, 11) is 0. The molecule has 1 aliphatic rings. The third-order valence-corrected chi connectivity index (χ3v) is 7.13. The number of β-amino-alcohol motifs (C(OH)–C–C–N with tert-alkyl or cyclic N) is 1. The molecule has 226 valence electrons. The van der Waals surface area contributed by atoms with Crippen LogP contribution in [0.15, 0.2) is 66.7 Å². The average Bonchev–Trinajstić information content (AvgIpc) is 3.81. The van der Waals surface area contributed by atoms with Gasteiger partial charge in [-0.1, -0.05) is 54.6 Å². The van der Waals surface area contributed by atoms with Crippen molar-refractivity contribution < 1.29 is 29.2 Å². The smallest absolute Gasteiger partial charge is 0.342 e. The zero-order chi connectivity index (χ0) is 30.5. The molecule has 3 heterocycles. The predicted molar refractivity (Wildman–Crippen MR) is 155 cm³/mol. The highest BCUT2D eigenvalue weighted by molar-refractivity contribution is 6.02. The first-order valence-electron chi connectivity index (χ1n) is 14.0. The molecule has 5 aromatic rings. The van der Waals surface area contributed by atoms with Crippen molar-refractivity contribution in [3.8, 4) is 28.5 Å². The largest absolute Gasteiger partial charge is 0.465 e. The third-order valence-electron chi connectivity index (χ3n) is 7.13. The van der Waals surface area contributed by atoms with Gasteiger partial charge in [0.2, 0.25) is 12.6 Å². The second-order valence-corrected chi connectivity index (χ2v) is 9.98. The summed E-state index contributed by atoms with van der Waals surface area (Å²) in [6.45, 7) is 2.65. The summed E-state index contributed by atoms with van der Waals surface area (Å²) in [5, 5.41) is 25.3. The molecule has 3 N–H and O–H groups in total. The lowest BCUT2D eigenvalue weighted by Crippen LogP contribution is -2.41. The number of carbonyl (C=O) groups excluding carboxylic acids is 1. The first-order valence-corrected chi connectivity index (χ1v) is 14.0. The molecule has 0 radical (unpaired) electrons. The van der Waals surface area contributed by atoms with Crippen LogP contribution >= 0.6 is 0 Å². The Labute approximate surface area is 250 Å². The summed E-state index contributed by atoms with van der Waals surface area (Å²) in [6.07, 6.45) is -0.0911. The SMILES string of the molecule is CCOc1nc2cccc(C(=O)OCON[N+](=O)N3CCC(O)C3)c2n1Cc1ccc(-c2ccccc2-c2nn[nH]n2)cc1. The molecule has 15 heteroatoms. The van der Waals surface area contributed by atoms with Crippen LogP contribution < -0.4 is 10.3 Å². The molecule has 0 aliphatic carbocycles.